The smallest absolute Gasteiger partial charge is 0.223 e. The second kappa shape index (κ2) is 2.88. The van der Waals surface area contributed by atoms with Gasteiger partial charge in [0.15, 0.2) is 0 Å². The fourth-order valence-electron chi connectivity index (χ4n) is 0.829. The number of amides is 1. The Labute approximate surface area is 63.6 Å². The van der Waals surface area contributed by atoms with E-state index in [0.29, 0.717) is 11.3 Å². The number of nitrogens with zero attached hydrogens (tertiary/aromatic N) is 1. The Bertz CT molecular complexity index is 308. The van der Waals surface area contributed by atoms with Gasteiger partial charge in [0.25, 0.3) is 0 Å². The number of nitriles is 1. The normalized spacial score (nSPS) is 9.00. The summed E-state index contributed by atoms with van der Waals surface area (Å²) in [5.74, 6) is -0.441. The first-order valence-corrected chi connectivity index (χ1v) is 3.08. The van der Waals surface area contributed by atoms with Crippen LogP contribution in [-0.4, -0.2) is 10.9 Å². The van der Waals surface area contributed by atoms with Crippen LogP contribution in [0.4, 0.5) is 0 Å². The third-order valence-corrected chi connectivity index (χ3v) is 1.30. The topological polar surface area (TPSA) is 82.7 Å². The summed E-state index contributed by atoms with van der Waals surface area (Å²) in [6.07, 6.45) is 1.70. The Morgan fingerprint density at radius 2 is 2.55 bits per heavy atom. The number of H-pyrrole nitrogens is 1. The quantitative estimate of drug-likeness (QED) is 0.616. The molecule has 0 aliphatic carbocycles. The van der Waals surface area contributed by atoms with E-state index in [1.165, 1.54) is 0 Å². The number of carbonyl (C=O) groups excluding carboxylic acids is 1. The van der Waals surface area contributed by atoms with Crippen LogP contribution in [0.3, 0.4) is 0 Å². The maximum absolute atomic E-state index is 10.4. The standard InChI is InChI=1S/C7H7N3O/c8-4-5-1-2-10-6(5)3-7(9)11/h1-2,10H,3H2,(H2,9,11). The lowest BCUT2D eigenvalue weighted by Crippen LogP contribution is -2.14. The zero-order valence-corrected chi connectivity index (χ0v) is 5.79. The summed E-state index contributed by atoms with van der Waals surface area (Å²) in [7, 11) is 0. The molecule has 0 aliphatic heterocycles. The lowest BCUT2D eigenvalue weighted by atomic mass is 10.2. The van der Waals surface area contributed by atoms with Crippen molar-refractivity contribution in [1.82, 2.24) is 4.98 Å². The lowest BCUT2D eigenvalue weighted by Gasteiger charge is -1.91. The molecule has 0 fully saturated rings. The molecule has 0 unspecified atom stereocenters. The highest BCUT2D eigenvalue weighted by Gasteiger charge is 2.04. The van der Waals surface area contributed by atoms with Crippen molar-refractivity contribution in [2.24, 2.45) is 5.73 Å². The second-order valence-electron chi connectivity index (χ2n) is 2.12. The lowest BCUT2D eigenvalue weighted by molar-refractivity contribution is -0.117. The molecule has 0 radical (unpaired) electrons. The molecular weight excluding hydrogens is 142 g/mol. The van der Waals surface area contributed by atoms with Crippen LogP contribution in [0.5, 0.6) is 0 Å². The molecular formula is C7H7N3O. The molecule has 11 heavy (non-hydrogen) atoms. The number of primary amides is 1. The van der Waals surface area contributed by atoms with Crippen LogP contribution in [0.2, 0.25) is 0 Å². The SMILES string of the molecule is N#Cc1cc[nH]c1CC(N)=O. The molecule has 1 amide bonds. The minimum Gasteiger partial charge on any atom is -0.369 e. The average molecular weight is 149 g/mol. The van der Waals surface area contributed by atoms with Gasteiger partial charge in [0.05, 0.1) is 12.0 Å². The number of aromatic nitrogens is 1. The molecule has 3 N–H and O–H groups in total. The van der Waals surface area contributed by atoms with E-state index >= 15 is 0 Å². The Morgan fingerprint density at radius 1 is 1.82 bits per heavy atom. The van der Waals surface area contributed by atoms with Gasteiger partial charge in [0.1, 0.15) is 6.07 Å². The van der Waals surface area contributed by atoms with Crippen molar-refractivity contribution in [3.05, 3.63) is 23.5 Å². The van der Waals surface area contributed by atoms with Gasteiger partial charge in [-0.1, -0.05) is 0 Å². The van der Waals surface area contributed by atoms with Crippen LogP contribution in [0.25, 0.3) is 0 Å². The first kappa shape index (κ1) is 7.35. The Balaban J connectivity index is 2.87. The van der Waals surface area contributed by atoms with Gasteiger partial charge in [-0.3, -0.25) is 4.79 Å². The van der Waals surface area contributed by atoms with Crippen LogP contribution >= 0.6 is 0 Å². The Morgan fingerprint density at radius 3 is 3.09 bits per heavy atom. The number of carbonyl (C=O) groups is 1. The van der Waals surface area contributed by atoms with E-state index in [9.17, 15) is 4.79 Å². The first-order chi connectivity index (χ1) is 5.24. The van der Waals surface area contributed by atoms with Crippen LogP contribution in [0, 0.1) is 11.3 Å². The molecule has 4 heteroatoms. The summed E-state index contributed by atoms with van der Waals surface area (Å²) in [4.78, 5) is 13.2. The van der Waals surface area contributed by atoms with Crippen molar-refractivity contribution in [1.29, 1.82) is 5.26 Å². The molecule has 1 heterocycles. The van der Waals surface area contributed by atoms with Gasteiger partial charge in [-0.05, 0) is 6.07 Å². The van der Waals surface area contributed by atoms with Crippen molar-refractivity contribution >= 4 is 5.91 Å². The minimum absolute atomic E-state index is 0.0931. The highest BCUT2D eigenvalue weighted by molar-refractivity contribution is 5.76. The summed E-state index contributed by atoms with van der Waals surface area (Å²) in [5, 5.41) is 8.50. The van der Waals surface area contributed by atoms with Gasteiger partial charge in [-0.25, -0.2) is 0 Å². The molecule has 0 saturated heterocycles. The molecule has 56 valence electrons. The largest absolute Gasteiger partial charge is 0.369 e. The third-order valence-electron chi connectivity index (χ3n) is 1.30. The molecule has 1 aromatic heterocycles. The highest BCUT2D eigenvalue weighted by Crippen LogP contribution is 2.04. The zero-order chi connectivity index (χ0) is 8.27. The molecule has 0 bridgehead atoms. The summed E-state index contributed by atoms with van der Waals surface area (Å²) in [6, 6.07) is 3.55. The van der Waals surface area contributed by atoms with E-state index in [4.69, 9.17) is 11.0 Å². The molecule has 0 aromatic carbocycles. The summed E-state index contributed by atoms with van der Waals surface area (Å²) < 4.78 is 0. The number of rotatable bonds is 2. The summed E-state index contributed by atoms with van der Waals surface area (Å²) in [6.45, 7) is 0. The highest BCUT2D eigenvalue weighted by atomic mass is 16.1. The molecule has 0 atom stereocenters. The molecule has 1 aromatic rings. The van der Waals surface area contributed by atoms with Gasteiger partial charge in [-0.15, -0.1) is 0 Å². The third kappa shape index (κ3) is 1.58. The van der Waals surface area contributed by atoms with E-state index in [-0.39, 0.29) is 6.42 Å². The average Bonchev–Trinajstić information content (AvgIpc) is 2.34. The number of aromatic amines is 1. The Kier molecular flexibility index (Phi) is 1.93. The van der Waals surface area contributed by atoms with E-state index in [1.54, 1.807) is 12.3 Å². The van der Waals surface area contributed by atoms with Gasteiger partial charge >= 0.3 is 0 Å². The predicted octanol–water partition coefficient (Wildman–Crippen LogP) is -0.0858. The second-order valence-corrected chi connectivity index (χ2v) is 2.12. The predicted molar refractivity (Wildman–Crippen MR) is 38.4 cm³/mol. The fraction of sp³-hybridized carbons (Fsp3) is 0.143. The van der Waals surface area contributed by atoms with Crippen LogP contribution < -0.4 is 5.73 Å². The zero-order valence-electron chi connectivity index (χ0n) is 5.79. The van der Waals surface area contributed by atoms with E-state index < -0.39 is 5.91 Å². The van der Waals surface area contributed by atoms with Gasteiger partial charge in [0.2, 0.25) is 5.91 Å². The molecule has 0 aliphatic rings. The Hall–Kier alpha value is -1.76. The van der Waals surface area contributed by atoms with E-state index in [1.807, 2.05) is 6.07 Å². The van der Waals surface area contributed by atoms with Crippen molar-refractivity contribution < 1.29 is 4.79 Å². The van der Waals surface area contributed by atoms with Crippen molar-refractivity contribution in [3.63, 3.8) is 0 Å². The maximum atomic E-state index is 10.4. The van der Waals surface area contributed by atoms with E-state index in [0.717, 1.165) is 0 Å². The van der Waals surface area contributed by atoms with Gasteiger partial charge < -0.3 is 10.7 Å². The van der Waals surface area contributed by atoms with Crippen LogP contribution in [-0.2, 0) is 11.2 Å². The van der Waals surface area contributed by atoms with Crippen LogP contribution in [0.15, 0.2) is 12.3 Å². The molecule has 4 nitrogen and oxygen atoms in total. The molecule has 0 saturated carbocycles. The van der Waals surface area contributed by atoms with Gasteiger partial charge in [-0.2, -0.15) is 5.26 Å². The van der Waals surface area contributed by atoms with Crippen molar-refractivity contribution in [2.75, 3.05) is 0 Å². The van der Waals surface area contributed by atoms with Crippen molar-refractivity contribution in [3.8, 4) is 6.07 Å². The number of hydrogen-bond donors (Lipinski definition) is 2. The summed E-state index contributed by atoms with van der Waals surface area (Å²) in [5.41, 5.74) is 6.00. The fourth-order valence-corrected chi connectivity index (χ4v) is 0.829. The van der Waals surface area contributed by atoms with Gasteiger partial charge in [0, 0.05) is 11.9 Å². The van der Waals surface area contributed by atoms with Crippen molar-refractivity contribution in [2.45, 2.75) is 6.42 Å². The number of nitrogens with two attached hydrogens (primary N) is 1. The summed E-state index contributed by atoms with van der Waals surface area (Å²) >= 11 is 0. The maximum Gasteiger partial charge on any atom is 0.223 e. The number of hydrogen-bond acceptors (Lipinski definition) is 2. The van der Waals surface area contributed by atoms with E-state index in [2.05, 4.69) is 4.98 Å². The van der Waals surface area contributed by atoms with Crippen LogP contribution in [0.1, 0.15) is 11.3 Å². The number of nitrogens with one attached hydrogen (secondary N) is 1. The monoisotopic (exact) mass is 149 g/mol. The molecule has 0 spiro atoms. The minimum atomic E-state index is -0.441. The molecule has 1 rings (SSSR count). The first-order valence-electron chi connectivity index (χ1n) is 3.08.